The number of nitrogens with one attached hydrogen (secondary N) is 1. The molecule has 0 unspecified atom stereocenters. The Morgan fingerprint density at radius 2 is 2.08 bits per heavy atom. The molecule has 25 heavy (non-hydrogen) atoms. The standard InChI is InChI=1S/C16H14N6O3/c1-22-13(8-19-16(25)15-12(23)3-2-5-18-15)21-11(7-14(22)24)10-4-6-17-9-20-10/h2-7,9,23H,8H2,1H3,(H,19,25). The topological polar surface area (TPSA) is 123 Å². The summed E-state index contributed by atoms with van der Waals surface area (Å²) in [6, 6.07) is 5.88. The van der Waals surface area contributed by atoms with Gasteiger partial charge in [0.1, 0.15) is 17.9 Å². The number of nitrogens with zero attached hydrogens (tertiary/aromatic N) is 5. The Hall–Kier alpha value is -3.62. The van der Waals surface area contributed by atoms with Gasteiger partial charge in [-0.05, 0) is 18.2 Å². The van der Waals surface area contributed by atoms with Crippen LogP contribution in [0.4, 0.5) is 0 Å². The number of hydrogen-bond acceptors (Lipinski definition) is 7. The maximum atomic E-state index is 12.1. The molecule has 0 aliphatic carbocycles. The summed E-state index contributed by atoms with van der Waals surface area (Å²) >= 11 is 0. The van der Waals surface area contributed by atoms with Crippen LogP contribution in [0.1, 0.15) is 16.3 Å². The smallest absolute Gasteiger partial charge is 0.274 e. The van der Waals surface area contributed by atoms with Crippen LogP contribution >= 0.6 is 0 Å². The Bertz CT molecular complexity index is 971. The summed E-state index contributed by atoms with van der Waals surface area (Å²) in [5, 5.41) is 12.2. The van der Waals surface area contributed by atoms with Gasteiger partial charge in [-0.25, -0.2) is 19.9 Å². The SMILES string of the molecule is Cn1c(CNC(=O)c2ncccc2O)nc(-c2ccncn2)cc1=O. The molecule has 0 radical (unpaired) electrons. The minimum atomic E-state index is -0.570. The van der Waals surface area contributed by atoms with Crippen molar-refractivity contribution in [3.8, 4) is 17.1 Å². The van der Waals surface area contributed by atoms with Crippen molar-refractivity contribution < 1.29 is 9.90 Å². The lowest BCUT2D eigenvalue weighted by Gasteiger charge is -2.10. The monoisotopic (exact) mass is 338 g/mol. The molecule has 0 atom stereocenters. The second-order valence-corrected chi connectivity index (χ2v) is 5.10. The molecule has 3 rings (SSSR count). The summed E-state index contributed by atoms with van der Waals surface area (Å²) in [5.74, 6) is -0.457. The van der Waals surface area contributed by atoms with Gasteiger partial charge in [0, 0.05) is 25.5 Å². The lowest BCUT2D eigenvalue weighted by Crippen LogP contribution is -2.29. The fourth-order valence-corrected chi connectivity index (χ4v) is 2.13. The van der Waals surface area contributed by atoms with Crippen LogP contribution in [0.25, 0.3) is 11.4 Å². The predicted molar refractivity (Wildman–Crippen MR) is 87.6 cm³/mol. The number of carbonyl (C=O) groups is 1. The van der Waals surface area contributed by atoms with E-state index < -0.39 is 5.91 Å². The van der Waals surface area contributed by atoms with E-state index in [0.717, 1.165) is 0 Å². The Morgan fingerprint density at radius 3 is 2.80 bits per heavy atom. The van der Waals surface area contributed by atoms with Gasteiger partial charge in [-0.15, -0.1) is 0 Å². The van der Waals surface area contributed by atoms with Crippen LogP contribution in [-0.2, 0) is 13.6 Å². The van der Waals surface area contributed by atoms with E-state index in [2.05, 4.69) is 25.3 Å². The van der Waals surface area contributed by atoms with Gasteiger partial charge in [0.25, 0.3) is 11.5 Å². The molecular formula is C16H14N6O3. The van der Waals surface area contributed by atoms with Crippen LogP contribution in [-0.4, -0.2) is 35.5 Å². The van der Waals surface area contributed by atoms with E-state index in [9.17, 15) is 14.7 Å². The molecule has 0 saturated carbocycles. The number of pyridine rings is 1. The molecule has 3 aromatic heterocycles. The molecule has 3 aromatic rings. The van der Waals surface area contributed by atoms with E-state index in [1.807, 2.05) is 0 Å². The highest BCUT2D eigenvalue weighted by atomic mass is 16.3. The third-order valence-electron chi connectivity index (χ3n) is 3.48. The molecule has 0 saturated heterocycles. The Balaban J connectivity index is 1.85. The summed E-state index contributed by atoms with van der Waals surface area (Å²) in [6.07, 6.45) is 4.31. The average Bonchev–Trinajstić information content (AvgIpc) is 2.63. The fraction of sp³-hybridized carbons (Fsp3) is 0.125. The molecule has 0 fully saturated rings. The molecule has 0 spiro atoms. The number of rotatable bonds is 4. The molecule has 0 aromatic carbocycles. The van der Waals surface area contributed by atoms with Gasteiger partial charge in [-0.3, -0.25) is 14.2 Å². The van der Waals surface area contributed by atoms with E-state index in [1.165, 1.54) is 35.3 Å². The molecule has 2 N–H and O–H groups in total. The molecule has 0 aliphatic heterocycles. The van der Waals surface area contributed by atoms with Gasteiger partial charge >= 0.3 is 0 Å². The lowest BCUT2D eigenvalue weighted by molar-refractivity contribution is 0.0941. The maximum absolute atomic E-state index is 12.1. The largest absolute Gasteiger partial charge is 0.505 e. The van der Waals surface area contributed by atoms with Crippen LogP contribution < -0.4 is 10.9 Å². The van der Waals surface area contributed by atoms with Gasteiger partial charge in [0.15, 0.2) is 5.69 Å². The summed E-state index contributed by atoms with van der Waals surface area (Å²) < 4.78 is 1.32. The first-order valence-corrected chi connectivity index (χ1v) is 7.32. The van der Waals surface area contributed by atoms with Crippen molar-refractivity contribution in [2.45, 2.75) is 6.54 Å². The normalized spacial score (nSPS) is 10.4. The summed E-state index contributed by atoms with van der Waals surface area (Å²) in [7, 11) is 1.55. The first-order valence-electron chi connectivity index (χ1n) is 7.32. The number of carbonyl (C=O) groups excluding carboxylic acids is 1. The van der Waals surface area contributed by atoms with Crippen LogP contribution in [0.5, 0.6) is 5.75 Å². The second kappa shape index (κ2) is 6.87. The zero-order valence-corrected chi connectivity index (χ0v) is 13.2. The molecule has 1 amide bonds. The second-order valence-electron chi connectivity index (χ2n) is 5.10. The van der Waals surface area contributed by atoms with E-state index in [-0.39, 0.29) is 23.5 Å². The molecule has 0 bridgehead atoms. The highest BCUT2D eigenvalue weighted by Gasteiger charge is 2.14. The fourth-order valence-electron chi connectivity index (χ4n) is 2.13. The van der Waals surface area contributed by atoms with Crippen LogP contribution in [0.15, 0.2) is 47.8 Å². The number of hydrogen-bond donors (Lipinski definition) is 2. The van der Waals surface area contributed by atoms with E-state index in [4.69, 9.17) is 0 Å². The minimum absolute atomic E-state index is 0.0144. The highest BCUT2D eigenvalue weighted by Crippen LogP contribution is 2.13. The van der Waals surface area contributed by atoms with Gasteiger partial charge in [-0.1, -0.05) is 0 Å². The molecule has 9 heteroatoms. The molecule has 0 aliphatic rings. The Kier molecular flexibility index (Phi) is 4.46. The Morgan fingerprint density at radius 1 is 1.24 bits per heavy atom. The molecule has 126 valence electrons. The van der Waals surface area contributed by atoms with Crippen LogP contribution in [0.3, 0.4) is 0 Å². The number of aromatic nitrogens is 5. The maximum Gasteiger partial charge on any atom is 0.274 e. The summed E-state index contributed by atoms with van der Waals surface area (Å²) in [5.41, 5.74) is 0.506. The van der Waals surface area contributed by atoms with Crippen LogP contribution in [0.2, 0.25) is 0 Å². The molecule has 3 heterocycles. The average molecular weight is 338 g/mol. The third kappa shape index (κ3) is 3.50. The number of amides is 1. The van der Waals surface area contributed by atoms with E-state index in [1.54, 1.807) is 19.3 Å². The van der Waals surface area contributed by atoms with Crippen molar-refractivity contribution in [2.24, 2.45) is 7.05 Å². The van der Waals surface area contributed by atoms with Crippen molar-refractivity contribution in [1.29, 1.82) is 0 Å². The van der Waals surface area contributed by atoms with Crippen molar-refractivity contribution >= 4 is 5.91 Å². The molecule has 9 nitrogen and oxygen atoms in total. The van der Waals surface area contributed by atoms with Crippen LogP contribution in [0, 0.1) is 0 Å². The van der Waals surface area contributed by atoms with Gasteiger partial charge < -0.3 is 10.4 Å². The van der Waals surface area contributed by atoms with Gasteiger partial charge in [0.2, 0.25) is 0 Å². The van der Waals surface area contributed by atoms with Gasteiger partial charge in [0.05, 0.1) is 17.9 Å². The third-order valence-corrected chi connectivity index (χ3v) is 3.48. The zero-order valence-electron chi connectivity index (χ0n) is 13.2. The Labute approximate surface area is 142 Å². The van der Waals surface area contributed by atoms with Crippen molar-refractivity contribution in [3.05, 3.63) is 64.9 Å². The van der Waals surface area contributed by atoms with Crippen molar-refractivity contribution in [1.82, 2.24) is 29.8 Å². The predicted octanol–water partition coefficient (Wildman–Crippen LogP) is 0.268. The first kappa shape index (κ1) is 16.2. The van der Waals surface area contributed by atoms with Gasteiger partial charge in [-0.2, -0.15) is 0 Å². The summed E-state index contributed by atoms with van der Waals surface area (Å²) in [6.45, 7) is -0.0144. The lowest BCUT2D eigenvalue weighted by atomic mass is 10.3. The highest BCUT2D eigenvalue weighted by molar-refractivity contribution is 5.94. The number of aromatic hydroxyl groups is 1. The first-order chi connectivity index (χ1) is 12.1. The molecular weight excluding hydrogens is 324 g/mol. The van der Waals surface area contributed by atoms with Crippen molar-refractivity contribution in [3.63, 3.8) is 0 Å². The summed E-state index contributed by atoms with van der Waals surface area (Å²) in [4.78, 5) is 40.3. The van der Waals surface area contributed by atoms with E-state index >= 15 is 0 Å². The van der Waals surface area contributed by atoms with E-state index in [0.29, 0.717) is 17.2 Å². The van der Waals surface area contributed by atoms with Crippen molar-refractivity contribution in [2.75, 3.05) is 0 Å². The zero-order chi connectivity index (χ0) is 17.8. The minimum Gasteiger partial charge on any atom is -0.505 e. The quantitative estimate of drug-likeness (QED) is 0.700.